The summed E-state index contributed by atoms with van der Waals surface area (Å²) in [5.41, 5.74) is 39.6. The van der Waals surface area contributed by atoms with E-state index in [1.54, 1.807) is 0 Å². The molecule has 0 heteroatoms. The molecule has 0 aliphatic carbocycles. The SMILES string of the molecule is c1ccc(-c2cc(-c3ccccc3)cc(-c3ccccc3-c3ccc4cc(-c5c6ccccc6c(-c6ccccc6)c6ccccc56)ccc4c3)c2)cc1.c1ccc(-c2ccc(-c3ccc4cc(-c5c6ccccc6c(-c6ccccc6)c6ccccc56)ccc4c3)c(-c3ccccc3)c2)cc1.c1ccc(-c2ccc(-c3ccccc3)c(-c3ccc4cc(-c5c6ccccc6c(-c6ccccc6)c6ccccc56)ccc4c3)c2)cc1. The highest BCUT2D eigenvalue weighted by Gasteiger charge is 2.24. The maximum absolute atomic E-state index is 2.37. The lowest BCUT2D eigenvalue weighted by molar-refractivity contribution is 1.56. The zero-order chi connectivity index (χ0) is 99.6. The second kappa shape index (κ2) is 40.2. The standard InChI is InChI=1S/C54H36.2C48H32/c1-4-16-37(17-5-1)44-34-45(38-18-6-2-7-19-38)36-46(35-44)48-23-11-10-22-47(48)42-30-28-41-33-43(31-29-40(41)32-42)54-51-26-14-12-24-49(51)53(39-20-8-3-9-21-39)50-25-13-15-27-52(50)54;1-4-14-33(15-5-1)38-28-29-41(46(32-38)34-16-6-2-7-17-34)39-26-24-37-31-40(27-25-36(37)30-39)48-44-22-12-10-20-42(44)47(35-18-8-3-9-19-35)43-21-11-13-23-45(43)48;1-4-14-33(15-5-1)38-28-29-41(34-16-6-2-7-17-34)46(32-38)39-26-24-37-31-40(27-25-36(37)30-39)48-44-22-12-10-20-42(44)47(35-18-8-3-9-19-35)43-21-11-13-23-45(43)48/h1-36H;2*1-32H. The van der Waals surface area contributed by atoms with Gasteiger partial charge in [-0.2, -0.15) is 0 Å². The Morgan fingerprint density at radius 1 is 0.0667 bits per heavy atom. The molecule has 0 unspecified atom stereocenters. The second-order valence-electron chi connectivity index (χ2n) is 39.0. The van der Waals surface area contributed by atoms with E-state index in [4.69, 9.17) is 0 Å². The molecule has 28 rings (SSSR count). The van der Waals surface area contributed by atoms with E-state index in [1.807, 2.05) is 0 Å². The maximum Gasteiger partial charge on any atom is -0.00262 e. The Labute approximate surface area is 875 Å². The van der Waals surface area contributed by atoms with Crippen LogP contribution in [0, 0.1) is 0 Å². The predicted molar refractivity (Wildman–Crippen MR) is 644 cm³/mol. The lowest BCUT2D eigenvalue weighted by Gasteiger charge is -2.18. The molecule has 28 aromatic rings. The van der Waals surface area contributed by atoms with Crippen molar-refractivity contribution in [2.24, 2.45) is 0 Å². The molecule has 0 saturated heterocycles. The lowest BCUT2D eigenvalue weighted by Crippen LogP contribution is -1.91. The fourth-order valence-electron chi connectivity index (χ4n) is 23.1. The van der Waals surface area contributed by atoms with Crippen molar-refractivity contribution in [2.75, 3.05) is 0 Å². The summed E-state index contributed by atoms with van der Waals surface area (Å²) in [5.74, 6) is 0. The Hall–Kier alpha value is -19.5. The van der Waals surface area contributed by atoms with Crippen LogP contribution in [0.15, 0.2) is 607 Å². The third kappa shape index (κ3) is 17.5. The first-order valence-electron chi connectivity index (χ1n) is 51.9. The minimum Gasteiger partial charge on any atom is -0.0622 e. The second-order valence-corrected chi connectivity index (χ2v) is 39.0. The van der Waals surface area contributed by atoms with Gasteiger partial charge in [0.1, 0.15) is 0 Å². The van der Waals surface area contributed by atoms with Gasteiger partial charge in [-0.05, 0) is 342 Å². The topological polar surface area (TPSA) is 0 Å². The highest BCUT2D eigenvalue weighted by molar-refractivity contribution is 6.25. The number of hydrogen-bond acceptors (Lipinski definition) is 0. The normalized spacial score (nSPS) is 11.3. The third-order valence-corrected chi connectivity index (χ3v) is 30.1. The molecule has 0 spiro atoms. The molecule has 150 heavy (non-hydrogen) atoms. The molecule has 0 atom stereocenters. The van der Waals surface area contributed by atoms with Crippen LogP contribution in [0.25, 0.3) is 275 Å². The number of rotatable bonds is 16. The zero-order valence-electron chi connectivity index (χ0n) is 82.7. The van der Waals surface area contributed by atoms with Gasteiger partial charge in [-0.1, -0.05) is 540 Å². The Bertz CT molecular complexity index is 9710. The number of fused-ring (bicyclic) bond motifs is 9. The minimum absolute atomic E-state index is 1.21. The van der Waals surface area contributed by atoms with E-state index in [0.29, 0.717) is 0 Å². The van der Waals surface area contributed by atoms with Crippen LogP contribution in [-0.2, 0) is 0 Å². The summed E-state index contributed by atoms with van der Waals surface area (Å²) in [6.07, 6.45) is 0. The Balaban J connectivity index is 0.000000114. The van der Waals surface area contributed by atoms with Gasteiger partial charge in [-0.3, -0.25) is 0 Å². The third-order valence-electron chi connectivity index (χ3n) is 30.1. The largest absolute Gasteiger partial charge is 0.0622 e. The number of benzene rings is 28. The van der Waals surface area contributed by atoms with Crippen LogP contribution < -0.4 is 0 Å². The Kier molecular flexibility index (Phi) is 24.3. The minimum atomic E-state index is 1.21. The van der Waals surface area contributed by atoms with Crippen molar-refractivity contribution in [1.82, 2.24) is 0 Å². The van der Waals surface area contributed by atoms with Crippen LogP contribution >= 0.6 is 0 Å². The summed E-state index contributed by atoms with van der Waals surface area (Å²) in [5, 5.41) is 22.7. The van der Waals surface area contributed by atoms with E-state index < -0.39 is 0 Å². The molecule has 0 N–H and O–H groups in total. The van der Waals surface area contributed by atoms with E-state index in [0.717, 1.165) is 0 Å². The van der Waals surface area contributed by atoms with Crippen LogP contribution in [0.2, 0.25) is 0 Å². The fourth-order valence-corrected chi connectivity index (χ4v) is 23.1. The number of hydrogen-bond donors (Lipinski definition) is 0. The molecule has 0 bridgehead atoms. The van der Waals surface area contributed by atoms with Gasteiger partial charge in [0.15, 0.2) is 0 Å². The molecule has 0 heterocycles. The van der Waals surface area contributed by atoms with Gasteiger partial charge in [0, 0.05) is 0 Å². The van der Waals surface area contributed by atoms with Gasteiger partial charge in [-0.15, -0.1) is 0 Å². The van der Waals surface area contributed by atoms with Crippen LogP contribution in [0.4, 0.5) is 0 Å². The highest BCUT2D eigenvalue weighted by Crippen LogP contribution is 2.51. The van der Waals surface area contributed by atoms with Crippen LogP contribution in [0.1, 0.15) is 0 Å². The van der Waals surface area contributed by atoms with Gasteiger partial charge in [0.2, 0.25) is 0 Å². The molecule has 0 aliphatic rings. The van der Waals surface area contributed by atoms with E-state index in [-0.39, 0.29) is 0 Å². The van der Waals surface area contributed by atoms with Gasteiger partial charge < -0.3 is 0 Å². The summed E-state index contributed by atoms with van der Waals surface area (Å²) >= 11 is 0. The zero-order valence-corrected chi connectivity index (χ0v) is 82.7. The molecule has 0 nitrogen and oxygen atoms in total. The van der Waals surface area contributed by atoms with Crippen LogP contribution in [0.3, 0.4) is 0 Å². The maximum atomic E-state index is 2.37. The fraction of sp³-hybridized carbons (Fsp3) is 0. The molecular formula is C150H100. The molecule has 0 saturated carbocycles. The monoisotopic (exact) mass is 1900 g/mol. The summed E-state index contributed by atoms with van der Waals surface area (Å²) in [7, 11) is 0. The van der Waals surface area contributed by atoms with Gasteiger partial charge in [-0.25, -0.2) is 0 Å². The van der Waals surface area contributed by atoms with Gasteiger partial charge in [0.05, 0.1) is 0 Å². The first kappa shape index (κ1) is 90.5. The van der Waals surface area contributed by atoms with Crippen LogP contribution in [0.5, 0.6) is 0 Å². The molecule has 700 valence electrons. The average Bonchev–Trinajstić information content (AvgIpc) is 0.736. The Morgan fingerprint density at radius 2 is 0.227 bits per heavy atom. The first-order chi connectivity index (χ1) is 74.4. The first-order valence-corrected chi connectivity index (χ1v) is 51.9. The van der Waals surface area contributed by atoms with E-state index >= 15 is 0 Å². The molecule has 28 aromatic carbocycles. The van der Waals surface area contributed by atoms with Crippen molar-refractivity contribution >= 4 is 97.0 Å². The Morgan fingerprint density at radius 3 is 0.493 bits per heavy atom. The summed E-state index contributed by atoms with van der Waals surface area (Å²) in [4.78, 5) is 0. The smallest absolute Gasteiger partial charge is 0.00262 e. The van der Waals surface area contributed by atoms with E-state index in [1.165, 1.54) is 275 Å². The highest BCUT2D eigenvalue weighted by atomic mass is 14.3. The molecule has 0 fully saturated rings. The van der Waals surface area contributed by atoms with Crippen molar-refractivity contribution in [3.8, 4) is 178 Å². The van der Waals surface area contributed by atoms with Gasteiger partial charge >= 0.3 is 0 Å². The summed E-state index contributed by atoms with van der Waals surface area (Å²) < 4.78 is 0. The van der Waals surface area contributed by atoms with Crippen LogP contribution in [-0.4, -0.2) is 0 Å². The summed E-state index contributed by atoms with van der Waals surface area (Å²) in [6.45, 7) is 0. The predicted octanol–water partition coefficient (Wildman–Crippen LogP) is 42.1. The van der Waals surface area contributed by atoms with E-state index in [9.17, 15) is 0 Å². The van der Waals surface area contributed by atoms with Crippen molar-refractivity contribution in [2.45, 2.75) is 0 Å². The van der Waals surface area contributed by atoms with Crippen molar-refractivity contribution < 1.29 is 0 Å². The summed E-state index contributed by atoms with van der Waals surface area (Å²) in [6, 6.07) is 221. The molecule has 0 aliphatic heterocycles. The average molecular weight is 1900 g/mol. The van der Waals surface area contributed by atoms with Crippen molar-refractivity contribution in [3.63, 3.8) is 0 Å². The van der Waals surface area contributed by atoms with Crippen molar-refractivity contribution in [3.05, 3.63) is 607 Å². The van der Waals surface area contributed by atoms with E-state index in [2.05, 4.69) is 607 Å². The molecule has 0 amide bonds. The molecular weight excluding hydrogens is 1800 g/mol. The van der Waals surface area contributed by atoms with Gasteiger partial charge in [0.25, 0.3) is 0 Å². The van der Waals surface area contributed by atoms with Crippen molar-refractivity contribution in [1.29, 1.82) is 0 Å². The molecule has 0 aromatic heterocycles. The quantitative estimate of drug-likeness (QED) is 0.0846. The lowest BCUT2D eigenvalue weighted by atomic mass is 9.85. The molecule has 0 radical (unpaired) electrons.